The van der Waals surface area contributed by atoms with E-state index < -0.39 is 0 Å². The minimum atomic E-state index is -0.0558. The average Bonchev–Trinajstić information content (AvgIpc) is 2.98. The standard InChI is InChI=1S/C15H16N2OS/c1-12(14-8-5-11-19-14)16-17-15(18)10-9-13-6-3-2-4-7-13/h2-8,11H,9-10H2,1H3,(H,17,18)/b16-12-. The highest BCUT2D eigenvalue weighted by atomic mass is 32.1. The normalized spacial score (nSPS) is 11.3. The first kappa shape index (κ1) is 13.5. The lowest BCUT2D eigenvalue weighted by atomic mass is 10.1. The lowest BCUT2D eigenvalue weighted by molar-refractivity contribution is -0.121. The van der Waals surface area contributed by atoms with Gasteiger partial charge < -0.3 is 0 Å². The van der Waals surface area contributed by atoms with E-state index in [1.807, 2.05) is 54.8 Å². The van der Waals surface area contributed by atoms with Crippen molar-refractivity contribution < 1.29 is 4.79 Å². The number of nitrogens with zero attached hydrogens (tertiary/aromatic N) is 1. The van der Waals surface area contributed by atoms with Crippen molar-refractivity contribution in [2.75, 3.05) is 0 Å². The summed E-state index contributed by atoms with van der Waals surface area (Å²) in [6.07, 6.45) is 1.19. The molecule has 0 aliphatic carbocycles. The third kappa shape index (κ3) is 4.34. The van der Waals surface area contributed by atoms with Crippen LogP contribution in [0, 0.1) is 0 Å². The Morgan fingerprint density at radius 2 is 2.00 bits per heavy atom. The molecule has 1 heterocycles. The van der Waals surface area contributed by atoms with E-state index in [0.29, 0.717) is 6.42 Å². The van der Waals surface area contributed by atoms with Crippen LogP contribution in [0.25, 0.3) is 0 Å². The van der Waals surface area contributed by atoms with Gasteiger partial charge in [0.1, 0.15) is 0 Å². The Balaban J connectivity index is 1.80. The van der Waals surface area contributed by atoms with Crippen LogP contribution in [0.5, 0.6) is 0 Å². The molecule has 2 rings (SSSR count). The molecule has 4 heteroatoms. The molecule has 0 aliphatic rings. The van der Waals surface area contributed by atoms with Gasteiger partial charge in [0.25, 0.3) is 0 Å². The highest BCUT2D eigenvalue weighted by Gasteiger charge is 2.02. The zero-order valence-corrected chi connectivity index (χ0v) is 11.6. The predicted molar refractivity (Wildman–Crippen MR) is 79.4 cm³/mol. The number of carbonyl (C=O) groups excluding carboxylic acids is 1. The molecule has 1 N–H and O–H groups in total. The van der Waals surface area contributed by atoms with Crippen LogP contribution in [-0.4, -0.2) is 11.6 Å². The van der Waals surface area contributed by atoms with Gasteiger partial charge in [0.2, 0.25) is 5.91 Å². The van der Waals surface area contributed by atoms with E-state index in [1.54, 1.807) is 11.3 Å². The number of hydrogen-bond acceptors (Lipinski definition) is 3. The van der Waals surface area contributed by atoms with Crippen molar-refractivity contribution in [2.45, 2.75) is 19.8 Å². The Morgan fingerprint density at radius 3 is 2.68 bits per heavy atom. The summed E-state index contributed by atoms with van der Waals surface area (Å²) in [5.74, 6) is -0.0558. The van der Waals surface area contributed by atoms with Crippen LogP contribution in [0.15, 0.2) is 52.9 Å². The summed E-state index contributed by atoms with van der Waals surface area (Å²) in [7, 11) is 0. The number of nitrogens with one attached hydrogen (secondary N) is 1. The molecule has 0 fully saturated rings. The van der Waals surface area contributed by atoms with Crippen molar-refractivity contribution in [3.8, 4) is 0 Å². The molecule has 1 aromatic carbocycles. The lowest BCUT2D eigenvalue weighted by Crippen LogP contribution is -2.19. The van der Waals surface area contributed by atoms with Gasteiger partial charge in [0, 0.05) is 11.3 Å². The summed E-state index contributed by atoms with van der Waals surface area (Å²) in [5, 5.41) is 6.10. The summed E-state index contributed by atoms with van der Waals surface area (Å²) in [5.41, 5.74) is 4.60. The van der Waals surface area contributed by atoms with E-state index >= 15 is 0 Å². The second-order valence-electron chi connectivity index (χ2n) is 4.20. The number of rotatable bonds is 5. The van der Waals surface area contributed by atoms with Crippen molar-refractivity contribution in [1.29, 1.82) is 0 Å². The van der Waals surface area contributed by atoms with E-state index in [9.17, 15) is 4.79 Å². The number of hydrogen-bond donors (Lipinski definition) is 1. The minimum Gasteiger partial charge on any atom is -0.273 e. The molecular weight excluding hydrogens is 256 g/mol. The minimum absolute atomic E-state index is 0.0558. The van der Waals surface area contributed by atoms with Crippen molar-refractivity contribution >= 4 is 23.0 Å². The molecule has 0 saturated carbocycles. The maximum atomic E-state index is 11.7. The van der Waals surface area contributed by atoms with Crippen molar-refractivity contribution in [3.63, 3.8) is 0 Å². The summed E-state index contributed by atoms with van der Waals surface area (Å²) >= 11 is 1.61. The quantitative estimate of drug-likeness (QED) is 0.659. The van der Waals surface area contributed by atoms with Crippen LogP contribution in [0.2, 0.25) is 0 Å². The van der Waals surface area contributed by atoms with Gasteiger partial charge in [-0.05, 0) is 30.4 Å². The van der Waals surface area contributed by atoms with E-state index in [1.165, 1.54) is 0 Å². The molecule has 1 amide bonds. The van der Waals surface area contributed by atoms with Crippen LogP contribution in [0.3, 0.4) is 0 Å². The fourth-order valence-corrected chi connectivity index (χ4v) is 2.32. The fraction of sp³-hybridized carbons (Fsp3) is 0.200. The number of hydrazone groups is 1. The van der Waals surface area contributed by atoms with E-state index in [0.717, 1.165) is 22.6 Å². The van der Waals surface area contributed by atoms with Crippen LogP contribution in [0.1, 0.15) is 23.8 Å². The third-order valence-electron chi connectivity index (χ3n) is 2.71. The first-order chi connectivity index (χ1) is 9.25. The van der Waals surface area contributed by atoms with Crippen LogP contribution >= 0.6 is 11.3 Å². The van der Waals surface area contributed by atoms with Gasteiger partial charge in [0.05, 0.1) is 5.71 Å². The highest BCUT2D eigenvalue weighted by molar-refractivity contribution is 7.12. The molecule has 0 unspecified atom stereocenters. The van der Waals surface area contributed by atoms with Crippen molar-refractivity contribution in [3.05, 3.63) is 58.3 Å². The van der Waals surface area contributed by atoms with Gasteiger partial charge in [0.15, 0.2) is 0 Å². The van der Waals surface area contributed by atoms with E-state index in [-0.39, 0.29) is 5.91 Å². The summed E-state index contributed by atoms with van der Waals surface area (Å²) < 4.78 is 0. The van der Waals surface area contributed by atoms with Crippen LogP contribution in [-0.2, 0) is 11.2 Å². The molecule has 0 radical (unpaired) electrons. The summed E-state index contributed by atoms with van der Waals surface area (Å²) in [4.78, 5) is 12.7. The van der Waals surface area contributed by atoms with Crippen LogP contribution < -0.4 is 5.43 Å². The summed E-state index contributed by atoms with van der Waals surface area (Å²) in [6.45, 7) is 1.89. The molecular formula is C15H16N2OS. The number of benzene rings is 1. The zero-order valence-electron chi connectivity index (χ0n) is 10.8. The van der Waals surface area contributed by atoms with E-state index in [4.69, 9.17) is 0 Å². The van der Waals surface area contributed by atoms with Gasteiger partial charge in [-0.15, -0.1) is 11.3 Å². The number of amides is 1. The molecule has 1 aromatic heterocycles. The van der Waals surface area contributed by atoms with Crippen LogP contribution in [0.4, 0.5) is 0 Å². The highest BCUT2D eigenvalue weighted by Crippen LogP contribution is 2.09. The smallest absolute Gasteiger partial charge is 0.240 e. The Morgan fingerprint density at radius 1 is 1.21 bits per heavy atom. The van der Waals surface area contributed by atoms with Gasteiger partial charge in [-0.3, -0.25) is 4.79 Å². The average molecular weight is 272 g/mol. The fourth-order valence-electron chi connectivity index (χ4n) is 1.64. The molecule has 0 atom stereocenters. The molecule has 19 heavy (non-hydrogen) atoms. The second kappa shape index (κ2) is 6.85. The Bertz CT molecular complexity index is 547. The SMILES string of the molecule is C/C(=N/NC(=O)CCc1ccccc1)c1cccs1. The topological polar surface area (TPSA) is 41.5 Å². The molecule has 0 aliphatic heterocycles. The van der Waals surface area contributed by atoms with Gasteiger partial charge in [-0.2, -0.15) is 5.10 Å². The van der Waals surface area contributed by atoms with Gasteiger partial charge in [-0.25, -0.2) is 5.43 Å². The summed E-state index contributed by atoms with van der Waals surface area (Å²) in [6, 6.07) is 13.9. The molecule has 0 bridgehead atoms. The Kier molecular flexibility index (Phi) is 4.86. The van der Waals surface area contributed by atoms with Crippen molar-refractivity contribution in [1.82, 2.24) is 5.43 Å². The monoisotopic (exact) mass is 272 g/mol. The lowest BCUT2D eigenvalue weighted by Gasteiger charge is -2.02. The van der Waals surface area contributed by atoms with Gasteiger partial charge >= 0.3 is 0 Å². The Hall–Kier alpha value is -1.94. The number of carbonyl (C=O) groups is 1. The first-order valence-electron chi connectivity index (χ1n) is 6.16. The predicted octanol–water partition coefficient (Wildman–Crippen LogP) is 3.22. The maximum absolute atomic E-state index is 11.7. The largest absolute Gasteiger partial charge is 0.273 e. The molecule has 98 valence electrons. The van der Waals surface area contributed by atoms with Crippen molar-refractivity contribution in [2.24, 2.45) is 5.10 Å². The molecule has 2 aromatic rings. The second-order valence-corrected chi connectivity index (χ2v) is 5.14. The third-order valence-corrected chi connectivity index (χ3v) is 3.69. The number of aryl methyl sites for hydroxylation is 1. The molecule has 0 saturated heterocycles. The maximum Gasteiger partial charge on any atom is 0.240 e. The van der Waals surface area contributed by atoms with Gasteiger partial charge in [-0.1, -0.05) is 36.4 Å². The Labute approximate surface area is 117 Å². The van der Waals surface area contributed by atoms with E-state index in [2.05, 4.69) is 10.5 Å². The molecule has 0 spiro atoms. The number of thiophene rings is 1. The molecule has 3 nitrogen and oxygen atoms in total. The zero-order chi connectivity index (χ0) is 13.5. The first-order valence-corrected chi connectivity index (χ1v) is 7.04.